The molecule has 1 aromatic carbocycles. The van der Waals surface area contributed by atoms with Crippen molar-refractivity contribution < 1.29 is 9.90 Å². The molecule has 0 unspecified atom stereocenters. The molecule has 0 fully saturated rings. The second kappa shape index (κ2) is 4.96. The minimum atomic E-state index is -0.985. The molecular formula is C16H16N2O2. The van der Waals surface area contributed by atoms with Crippen LogP contribution in [-0.2, 0) is 0 Å². The number of aromatic carboxylic acids is 1. The molecular weight excluding hydrogens is 252 g/mol. The highest BCUT2D eigenvalue weighted by molar-refractivity contribution is 5.97. The zero-order valence-corrected chi connectivity index (χ0v) is 11.3. The zero-order chi connectivity index (χ0) is 14.1. The summed E-state index contributed by atoms with van der Waals surface area (Å²) in [6, 6.07) is 9.37. The number of carboxylic acid groups (broad SMARTS) is 1. The Bertz CT molecular complexity index is 707. The summed E-state index contributed by atoms with van der Waals surface area (Å²) >= 11 is 0. The van der Waals surface area contributed by atoms with Gasteiger partial charge in [-0.3, -0.25) is 0 Å². The number of hydrogen-bond acceptors (Lipinski definition) is 3. The van der Waals surface area contributed by atoms with Gasteiger partial charge in [0, 0.05) is 24.2 Å². The summed E-state index contributed by atoms with van der Waals surface area (Å²) in [5.41, 5.74) is 3.17. The maximum atomic E-state index is 11.2. The number of nitrogens with zero attached hydrogens (tertiary/aromatic N) is 2. The van der Waals surface area contributed by atoms with E-state index >= 15 is 0 Å². The Kier molecular flexibility index (Phi) is 3.14. The van der Waals surface area contributed by atoms with Crippen LogP contribution in [0.4, 0.5) is 5.69 Å². The molecule has 1 aromatic heterocycles. The van der Waals surface area contributed by atoms with Gasteiger partial charge in [0.1, 0.15) is 0 Å². The van der Waals surface area contributed by atoms with E-state index in [1.54, 1.807) is 6.07 Å². The fourth-order valence-corrected chi connectivity index (χ4v) is 2.52. The fourth-order valence-electron chi connectivity index (χ4n) is 2.52. The second-order valence-electron chi connectivity index (χ2n) is 5.10. The Hall–Kier alpha value is -2.36. The summed E-state index contributed by atoms with van der Waals surface area (Å²) in [6.45, 7) is 3.86. The Labute approximate surface area is 117 Å². The number of carboxylic acids is 1. The fraction of sp³-hybridized carbons (Fsp3) is 0.250. The average molecular weight is 268 g/mol. The van der Waals surface area contributed by atoms with Crippen LogP contribution in [0.5, 0.6) is 0 Å². The number of benzene rings is 1. The summed E-state index contributed by atoms with van der Waals surface area (Å²) in [5, 5.41) is 10.2. The number of rotatable bonds is 2. The van der Waals surface area contributed by atoms with Crippen LogP contribution < -0.4 is 4.90 Å². The molecule has 102 valence electrons. The lowest BCUT2D eigenvalue weighted by atomic mass is 10.1. The first-order chi connectivity index (χ1) is 9.65. The number of pyridine rings is 1. The van der Waals surface area contributed by atoms with Crippen LogP contribution >= 0.6 is 0 Å². The van der Waals surface area contributed by atoms with E-state index < -0.39 is 5.97 Å². The predicted molar refractivity (Wildman–Crippen MR) is 79.3 cm³/mol. The molecule has 1 aliphatic heterocycles. The van der Waals surface area contributed by atoms with E-state index in [1.807, 2.05) is 24.3 Å². The van der Waals surface area contributed by atoms with Gasteiger partial charge >= 0.3 is 5.97 Å². The lowest BCUT2D eigenvalue weighted by Gasteiger charge is -2.28. The Morgan fingerprint density at radius 1 is 1.35 bits per heavy atom. The number of anilines is 1. The van der Waals surface area contributed by atoms with Crippen molar-refractivity contribution in [1.29, 1.82) is 0 Å². The molecule has 0 aliphatic carbocycles. The summed E-state index contributed by atoms with van der Waals surface area (Å²) in [4.78, 5) is 17.7. The van der Waals surface area contributed by atoms with E-state index in [4.69, 9.17) is 0 Å². The van der Waals surface area contributed by atoms with Gasteiger partial charge in [-0.2, -0.15) is 0 Å². The molecule has 20 heavy (non-hydrogen) atoms. The molecule has 0 spiro atoms. The number of aromatic nitrogens is 1. The van der Waals surface area contributed by atoms with Gasteiger partial charge in [-0.15, -0.1) is 0 Å². The highest BCUT2D eigenvalue weighted by Gasteiger charge is 2.16. The van der Waals surface area contributed by atoms with E-state index in [9.17, 15) is 9.90 Å². The second-order valence-corrected chi connectivity index (χ2v) is 5.10. The molecule has 3 rings (SSSR count). The molecule has 0 atom stereocenters. The van der Waals surface area contributed by atoms with Gasteiger partial charge in [-0.25, -0.2) is 9.78 Å². The van der Waals surface area contributed by atoms with E-state index in [0.717, 1.165) is 36.1 Å². The molecule has 4 heteroatoms. The van der Waals surface area contributed by atoms with Crippen molar-refractivity contribution in [2.45, 2.75) is 13.3 Å². The third kappa shape index (κ3) is 2.25. The largest absolute Gasteiger partial charge is 0.477 e. The van der Waals surface area contributed by atoms with E-state index in [0.29, 0.717) is 0 Å². The highest BCUT2D eigenvalue weighted by Crippen LogP contribution is 2.28. The average Bonchev–Trinajstić information content (AvgIpc) is 2.47. The topological polar surface area (TPSA) is 53.4 Å². The number of carbonyl (C=O) groups is 1. The van der Waals surface area contributed by atoms with Crippen LogP contribution in [0.1, 0.15) is 23.8 Å². The third-order valence-electron chi connectivity index (χ3n) is 3.69. The maximum Gasteiger partial charge on any atom is 0.354 e. The molecule has 1 aliphatic rings. The SMILES string of the molecule is CC1=CCN(c2cc(C(=O)O)nc3ccccc23)CC1. The quantitative estimate of drug-likeness (QED) is 0.850. The van der Waals surface area contributed by atoms with Crippen molar-refractivity contribution in [1.82, 2.24) is 4.98 Å². The van der Waals surface area contributed by atoms with Crippen molar-refractivity contribution in [2.75, 3.05) is 18.0 Å². The van der Waals surface area contributed by atoms with Crippen molar-refractivity contribution in [3.63, 3.8) is 0 Å². The van der Waals surface area contributed by atoms with Crippen molar-refractivity contribution in [3.8, 4) is 0 Å². The zero-order valence-electron chi connectivity index (χ0n) is 11.3. The molecule has 0 saturated heterocycles. The molecule has 0 radical (unpaired) electrons. The van der Waals surface area contributed by atoms with E-state index in [2.05, 4.69) is 22.9 Å². The number of para-hydroxylation sites is 1. The van der Waals surface area contributed by atoms with E-state index in [-0.39, 0.29) is 5.69 Å². The Morgan fingerprint density at radius 3 is 2.85 bits per heavy atom. The lowest BCUT2D eigenvalue weighted by molar-refractivity contribution is 0.0691. The summed E-state index contributed by atoms with van der Waals surface area (Å²) in [5.74, 6) is -0.985. The summed E-state index contributed by atoms with van der Waals surface area (Å²) < 4.78 is 0. The Balaban J connectivity index is 2.15. The first-order valence-corrected chi connectivity index (χ1v) is 6.69. The van der Waals surface area contributed by atoms with Gasteiger partial charge < -0.3 is 10.0 Å². The molecule has 1 N–H and O–H groups in total. The van der Waals surface area contributed by atoms with Crippen molar-refractivity contribution in [3.05, 3.63) is 47.7 Å². The van der Waals surface area contributed by atoms with Crippen LogP contribution in [-0.4, -0.2) is 29.1 Å². The molecule has 0 amide bonds. The van der Waals surface area contributed by atoms with Gasteiger partial charge in [-0.05, 0) is 25.5 Å². The van der Waals surface area contributed by atoms with Gasteiger partial charge in [0.15, 0.2) is 5.69 Å². The van der Waals surface area contributed by atoms with Gasteiger partial charge in [0.05, 0.1) is 5.52 Å². The van der Waals surface area contributed by atoms with Crippen LogP contribution in [0.25, 0.3) is 10.9 Å². The lowest BCUT2D eigenvalue weighted by Crippen LogP contribution is -2.28. The standard InChI is InChI=1S/C16H16N2O2/c1-11-6-8-18(9-7-11)15-10-14(16(19)20)17-13-5-3-2-4-12(13)15/h2-6,10H,7-9H2,1H3,(H,19,20). The third-order valence-corrected chi connectivity index (χ3v) is 3.69. The molecule has 2 heterocycles. The molecule has 4 nitrogen and oxygen atoms in total. The summed E-state index contributed by atoms with van der Waals surface area (Å²) in [7, 11) is 0. The first kappa shape index (κ1) is 12.7. The molecule has 0 saturated carbocycles. The van der Waals surface area contributed by atoms with E-state index in [1.165, 1.54) is 5.57 Å². The summed E-state index contributed by atoms with van der Waals surface area (Å²) in [6.07, 6.45) is 3.21. The van der Waals surface area contributed by atoms with Crippen LogP contribution in [0.2, 0.25) is 0 Å². The van der Waals surface area contributed by atoms with Crippen LogP contribution in [0.15, 0.2) is 42.0 Å². The number of hydrogen-bond donors (Lipinski definition) is 1. The highest BCUT2D eigenvalue weighted by atomic mass is 16.4. The maximum absolute atomic E-state index is 11.2. The predicted octanol–water partition coefficient (Wildman–Crippen LogP) is 3.09. The van der Waals surface area contributed by atoms with Gasteiger partial charge in [0.2, 0.25) is 0 Å². The smallest absolute Gasteiger partial charge is 0.354 e. The van der Waals surface area contributed by atoms with Gasteiger partial charge in [-0.1, -0.05) is 29.8 Å². The van der Waals surface area contributed by atoms with Crippen molar-refractivity contribution in [2.24, 2.45) is 0 Å². The monoisotopic (exact) mass is 268 g/mol. The number of fused-ring (bicyclic) bond motifs is 1. The minimum Gasteiger partial charge on any atom is -0.477 e. The first-order valence-electron chi connectivity index (χ1n) is 6.69. The minimum absolute atomic E-state index is 0.102. The Morgan fingerprint density at radius 2 is 2.15 bits per heavy atom. The van der Waals surface area contributed by atoms with Crippen molar-refractivity contribution >= 4 is 22.6 Å². The molecule has 2 aromatic rings. The van der Waals surface area contributed by atoms with Crippen LogP contribution in [0, 0.1) is 0 Å². The van der Waals surface area contributed by atoms with Crippen LogP contribution in [0.3, 0.4) is 0 Å². The molecule has 0 bridgehead atoms. The van der Waals surface area contributed by atoms with Gasteiger partial charge in [0.25, 0.3) is 0 Å². The normalized spacial score (nSPS) is 15.2.